The second kappa shape index (κ2) is 6.06. The summed E-state index contributed by atoms with van der Waals surface area (Å²) in [6.45, 7) is 6.71. The summed E-state index contributed by atoms with van der Waals surface area (Å²) in [5.41, 5.74) is 5.56. The summed E-state index contributed by atoms with van der Waals surface area (Å²) in [6, 6.07) is 23.3. The predicted octanol–water partition coefficient (Wildman–Crippen LogP) is 7.37. The third-order valence-corrected chi connectivity index (χ3v) is 5.63. The molecule has 0 N–H and O–H groups in total. The van der Waals surface area contributed by atoms with Crippen molar-refractivity contribution < 1.29 is 4.42 Å². The lowest BCUT2D eigenvalue weighted by molar-refractivity contribution is 0.590. The van der Waals surface area contributed by atoms with Crippen LogP contribution in [0.2, 0.25) is 0 Å². The molecule has 0 saturated heterocycles. The van der Waals surface area contributed by atoms with Gasteiger partial charge in [-0.25, -0.2) is 0 Å². The topological polar surface area (TPSA) is 16.4 Å². The van der Waals surface area contributed by atoms with E-state index in [1.807, 2.05) is 12.1 Å². The molecule has 3 heteroatoms. The second-order valence-electron chi connectivity index (χ2n) is 7.33. The zero-order valence-corrected chi connectivity index (χ0v) is 16.7. The number of halogens is 1. The maximum atomic E-state index is 6.16. The minimum absolute atomic E-state index is 0.160. The number of benzene rings is 3. The van der Waals surface area contributed by atoms with Crippen molar-refractivity contribution in [2.75, 3.05) is 3.11 Å². The van der Waals surface area contributed by atoms with Crippen molar-refractivity contribution in [3.63, 3.8) is 0 Å². The zero-order valence-electron chi connectivity index (χ0n) is 14.6. The van der Waals surface area contributed by atoms with Gasteiger partial charge < -0.3 is 4.42 Å². The first kappa shape index (κ1) is 16.5. The van der Waals surface area contributed by atoms with E-state index in [4.69, 9.17) is 4.42 Å². The van der Waals surface area contributed by atoms with Gasteiger partial charge in [-0.05, 0) is 35.2 Å². The lowest BCUT2D eigenvalue weighted by Gasteiger charge is -2.21. The van der Waals surface area contributed by atoms with Gasteiger partial charge in [0.1, 0.15) is 5.58 Å². The molecule has 126 valence electrons. The second-order valence-corrected chi connectivity index (χ2v) is 8.29. The fraction of sp³-hybridized carbons (Fsp3) is 0.182. The van der Waals surface area contributed by atoms with Crippen LogP contribution in [0.1, 0.15) is 26.3 Å². The monoisotopic (exact) mass is 441 g/mol. The number of furan rings is 1. The van der Waals surface area contributed by atoms with Crippen molar-refractivity contribution in [1.82, 2.24) is 0 Å². The van der Waals surface area contributed by atoms with Gasteiger partial charge in [0.05, 0.1) is 34.2 Å². The summed E-state index contributed by atoms with van der Waals surface area (Å²) in [4.78, 5) is 0. The molecule has 0 bridgehead atoms. The Morgan fingerprint density at radius 1 is 0.800 bits per heavy atom. The normalized spacial score (nSPS) is 12.0. The average molecular weight is 441 g/mol. The van der Waals surface area contributed by atoms with Gasteiger partial charge in [-0.3, -0.25) is 3.11 Å². The molecule has 0 aliphatic carbocycles. The van der Waals surface area contributed by atoms with Gasteiger partial charge in [0.25, 0.3) is 0 Å². The van der Waals surface area contributed by atoms with Crippen LogP contribution in [0.3, 0.4) is 0 Å². The Balaban J connectivity index is 1.81. The van der Waals surface area contributed by atoms with Crippen LogP contribution in [0.25, 0.3) is 21.9 Å². The molecule has 0 radical (unpaired) electrons. The van der Waals surface area contributed by atoms with E-state index in [-0.39, 0.29) is 5.41 Å². The molecular weight excluding hydrogens is 421 g/mol. The number of para-hydroxylation sites is 2. The smallest absolute Gasteiger partial charge is 0.159 e. The third kappa shape index (κ3) is 2.91. The van der Waals surface area contributed by atoms with Crippen molar-refractivity contribution >= 4 is 56.2 Å². The van der Waals surface area contributed by atoms with E-state index < -0.39 is 0 Å². The highest BCUT2D eigenvalue weighted by Gasteiger charge is 2.17. The van der Waals surface area contributed by atoms with Gasteiger partial charge in [-0.1, -0.05) is 63.2 Å². The van der Waals surface area contributed by atoms with Crippen molar-refractivity contribution in [2.45, 2.75) is 26.2 Å². The number of anilines is 2. The summed E-state index contributed by atoms with van der Waals surface area (Å²) in [5, 5.41) is 2.31. The Bertz CT molecular complexity index is 1040. The fourth-order valence-electron chi connectivity index (χ4n) is 3.12. The van der Waals surface area contributed by atoms with Gasteiger partial charge in [-0.15, -0.1) is 0 Å². The van der Waals surface area contributed by atoms with Crippen molar-refractivity contribution in [1.29, 1.82) is 0 Å². The van der Waals surface area contributed by atoms with Crippen LogP contribution in [0, 0.1) is 0 Å². The molecule has 0 aliphatic heterocycles. The Labute approximate surface area is 161 Å². The van der Waals surface area contributed by atoms with Gasteiger partial charge in [-0.2, -0.15) is 0 Å². The predicted molar refractivity (Wildman–Crippen MR) is 115 cm³/mol. The van der Waals surface area contributed by atoms with Gasteiger partial charge >= 0.3 is 0 Å². The Morgan fingerprint density at radius 3 is 2.20 bits per heavy atom. The molecule has 3 aromatic carbocycles. The van der Waals surface area contributed by atoms with E-state index in [2.05, 4.69) is 101 Å². The Kier molecular flexibility index (Phi) is 3.99. The summed E-state index contributed by atoms with van der Waals surface area (Å²) in [7, 11) is 0. The van der Waals surface area contributed by atoms with Gasteiger partial charge in [0, 0.05) is 10.8 Å². The number of hydrogen-bond acceptors (Lipinski definition) is 2. The average Bonchev–Trinajstić information content (AvgIpc) is 2.99. The molecule has 25 heavy (non-hydrogen) atoms. The van der Waals surface area contributed by atoms with Gasteiger partial charge in [0.15, 0.2) is 5.58 Å². The van der Waals surface area contributed by atoms with Crippen LogP contribution in [-0.2, 0) is 5.41 Å². The lowest BCUT2D eigenvalue weighted by atomic mass is 9.87. The highest BCUT2D eigenvalue weighted by molar-refractivity contribution is 14.1. The van der Waals surface area contributed by atoms with E-state index in [9.17, 15) is 0 Å². The summed E-state index contributed by atoms with van der Waals surface area (Å²) in [5.74, 6) is 0. The Morgan fingerprint density at radius 2 is 1.48 bits per heavy atom. The van der Waals surface area contributed by atoms with Crippen LogP contribution in [0.15, 0.2) is 71.1 Å². The molecule has 0 saturated carbocycles. The number of fused-ring (bicyclic) bond motifs is 3. The van der Waals surface area contributed by atoms with Crippen LogP contribution in [0.4, 0.5) is 11.4 Å². The minimum Gasteiger partial charge on any atom is -0.454 e. The van der Waals surface area contributed by atoms with E-state index >= 15 is 0 Å². The maximum absolute atomic E-state index is 6.16. The molecule has 0 atom stereocenters. The summed E-state index contributed by atoms with van der Waals surface area (Å²) in [6.07, 6.45) is 0. The van der Waals surface area contributed by atoms with E-state index in [1.54, 1.807) is 0 Å². The van der Waals surface area contributed by atoms with E-state index in [0.717, 1.165) is 33.3 Å². The van der Waals surface area contributed by atoms with E-state index in [1.165, 1.54) is 5.56 Å². The molecular formula is C22H20INO. The van der Waals surface area contributed by atoms with Crippen LogP contribution >= 0.6 is 22.9 Å². The molecule has 0 unspecified atom stereocenters. The first-order chi connectivity index (χ1) is 11.9. The van der Waals surface area contributed by atoms with Crippen molar-refractivity contribution in [3.05, 3.63) is 72.3 Å². The quantitative estimate of drug-likeness (QED) is 0.239. The number of nitrogens with zero attached hydrogens (tertiary/aromatic N) is 1. The highest BCUT2D eigenvalue weighted by atomic mass is 127. The molecule has 0 spiro atoms. The molecule has 0 fully saturated rings. The van der Waals surface area contributed by atoms with Gasteiger partial charge in [0.2, 0.25) is 0 Å². The molecule has 4 aromatic rings. The molecule has 0 amide bonds. The third-order valence-electron chi connectivity index (χ3n) is 4.56. The first-order valence-corrected chi connectivity index (χ1v) is 9.38. The zero-order chi connectivity index (χ0) is 17.6. The first-order valence-electron chi connectivity index (χ1n) is 8.42. The standard InChI is InChI=1S/C22H20INO/c1-22(2,3)15-11-13-16(14-12-15)24(23)19-9-6-8-18-17-7-4-5-10-20(17)25-21(18)19/h4-14H,1-3H3. The minimum atomic E-state index is 0.160. The highest BCUT2D eigenvalue weighted by Crippen LogP contribution is 2.39. The molecule has 1 heterocycles. The maximum Gasteiger partial charge on any atom is 0.159 e. The number of hydrogen-bond donors (Lipinski definition) is 0. The van der Waals surface area contributed by atoms with E-state index in [0.29, 0.717) is 0 Å². The molecule has 1 aromatic heterocycles. The lowest BCUT2D eigenvalue weighted by Crippen LogP contribution is -2.11. The van der Waals surface area contributed by atoms with Crippen LogP contribution in [-0.4, -0.2) is 0 Å². The number of rotatable bonds is 2. The molecule has 2 nitrogen and oxygen atoms in total. The SMILES string of the molecule is CC(C)(C)c1ccc(N(I)c2cccc3c2oc2ccccc23)cc1. The van der Waals surface area contributed by atoms with Crippen molar-refractivity contribution in [2.24, 2.45) is 0 Å². The molecule has 0 aliphatic rings. The van der Waals surface area contributed by atoms with Crippen LogP contribution in [0.5, 0.6) is 0 Å². The summed E-state index contributed by atoms with van der Waals surface area (Å²) < 4.78 is 8.32. The van der Waals surface area contributed by atoms with Crippen molar-refractivity contribution in [3.8, 4) is 0 Å². The Hall–Kier alpha value is -2.01. The largest absolute Gasteiger partial charge is 0.454 e. The fourth-order valence-corrected chi connectivity index (χ4v) is 3.82. The summed E-state index contributed by atoms with van der Waals surface area (Å²) >= 11 is 2.35. The van der Waals surface area contributed by atoms with Crippen LogP contribution < -0.4 is 3.11 Å². The molecule has 4 rings (SSSR count).